The predicted molar refractivity (Wildman–Crippen MR) is 143 cm³/mol. The molecule has 1 aliphatic carbocycles. The second-order valence-corrected chi connectivity index (χ2v) is 12.5. The van der Waals surface area contributed by atoms with E-state index in [4.69, 9.17) is 4.52 Å². The van der Waals surface area contributed by atoms with Crippen LogP contribution in [0.2, 0.25) is 0 Å². The quantitative estimate of drug-likeness (QED) is 0.264. The fourth-order valence-electron chi connectivity index (χ4n) is 4.71. The van der Waals surface area contributed by atoms with E-state index >= 15 is 4.39 Å². The van der Waals surface area contributed by atoms with E-state index in [2.05, 4.69) is 20.2 Å². The van der Waals surface area contributed by atoms with E-state index in [1.54, 1.807) is 44.2 Å². The van der Waals surface area contributed by atoms with Crippen LogP contribution in [0.1, 0.15) is 32.3 Å². The third-order valence-electron chi connectivity index (χ3n) is 6.80. The minimum Gasteiger partial charge on any atom is -0.364 e. The molecule has 13 heteroatoms. The van der Waals surface area contributed by atoms with E-state index in [0.29, 0.717) is 29.8 Å². The molecule has 0 bridgehead atoms. The average Bonchev–Trinajstić information content (AvgIpc) is 3.48. The number of sulfone groups is 1. The first-order valence-corrected chi connectivity index (χ1v) is 14.5. The Labute approximate surface area is 230 Å². The molecule has 10 nitrogen and oxygen atoms in total. The van der Waals surface area contributed by atoms with Crippen LogP contribution in [-0.4, -0.2) is 63.2 Å². The zero-order valence-electron chi connectivity index (χ0n) is 22.2. The van der Waals surface area contributed by atoms with Crippen LogP contribution in [0.15, 0.2) is 53.4 Å². The van der Waals surface area contributed by atoms with Gasteiger partial charge in [-0.2, -0.15) is 5.10 Å². The molecule has 4 aromatic rings. The molecule has 5 rings (SSSR count). The lowest BCUT2D eigenvalue weighted by Gasteiger charge is -2.31. The summed E-state index contributed by atoms with van der Waals surface area (Å²) in [6.07, 6.45) is 3.48. The third-order valence-corrected chi connectivity index (χ3v) is 8.98. The van der Waals surface area contributed by atoms with E-state index in [0.717, 1.165) is 6.20 Å². The van der Waals surface area contributed by atoms with Crippen LogP contribution in [0.4, 0.5) is 14.6 Å². The van der Waals surface area contributed by atoms with Gasteiger partial charge in [0.15, 0.2) is 33.1 Å². The minimum absolute atomic E-state index is 0.0563. The molecule has 3 heterocycles. The number of Topliss-reactive ketones (excluding diaryl/α,β-unsaturated/α-hetero) is 1. The summed E-state index contributed by atoms with van der Waals surface area (Å²) in [4.78, 5) is 23.0. The number of likely N-dealkylation sites (N-methyl/N-ethyl adjacent to an activating group) is 1. The Hall–Kier alpha value is -4.00. The van der Waals surface area contributed by atoms with Gasteiger partial charge in [-0.1, -0.05) is 37.2 Å². The average molecular weight is 571 g/mol. The van der Waals surface area contributed by atoms with Crippen LogP contribution in [0.3, 0.4) is 0 Å². The van der Waals surface area contributed by atoms with E-state index in [1.165, 1.54) is 29.0 Å². The molecule has 3 aromatic heterocycles. The van der Waals surface area contributed by atoms with E-state index in [-0.39, 0.29) is 29.8 Å². The lowest BCUT2D eigenvalue weighted by molar-refractivity contribution is -0.118. The van der Waals surface area contributed by atoms with Gasteiger partial charge in [-0.25, -0.2) is 27.2 Å². The van der Waals surface area contributed by atoms with Gasteiger partial charge in [0.25, 0.3) is 0 Å². The summed E-state index contributed by atoms with van der Waals surface area (Å²) in [6, 6.07) is 8.61. The molecule has 0 unspecified atom stereocenters. The van der Waals surface area contributed by atoms with Crippen molar-refractivity contribution in [1.29, 1.82) is 0 Å². The zero-order valence-corrected chi connectivity index (χ0v) is 23.0. The number of anilines is 1. The molecule has 0 aliphatic heterocycles. The molecule has 0 radical (unpaired) electrons. The number of nitrogens with zero attached hydrogens (tertiary/aromatic N) is 6. The van der Waals surface area contributed by atoms with Gasteiger partial charge < -0.3 is 9.42 Å². The molecular formula is C27H28F2N6O4S. The van der Waals surface area contributed by atoms with Gasteiger partial charge in [-0.05, 0) is 30.9 Å². The second kappa shape index (κ2) is 10.9. The third kappa shape index (κ3) is 5.64. The number of hydrogen-bond acceptors (Lipinski definition) is 9. The molecule has 40 heavy (non-hydrogen) atoms. The Bertz CT molecular complexity index is 1630. The largest absolute Gasteiger partial charge is 0.364 e. The number of carbonyl (C=O) groups excluding carboxylic acids is 1. The highest BCUT2D eigenvalue weighted by Crippen LogP contribution is 2.31. The van der Waals surface area contributed by atoms with Crippen molar-refractivity contribution < 1.29 is 26.5 Å². The first-order valence-electron chi connectivity index (χ1n) is 12.8. The second-order valence-electron chi connectivity index (χ2n) is 10.2. The van der Waals surface area contributed by atoms with Gasteiger partial charge in [0, 0.05) is 18.7 Å². The van der Waals surface area contributed by atoms with Crippen molar-refractivity contribution in [3.05, 3.63) is 66.1 Å². The van der Waals surface area contributed by atoms with Crippen molar-refractivity contribution in [2.75, 3.05) is 17.7 Å². The van der Waals surface area contributed by atoms with Crippen molar-refractivity contribution in [2.45, 2.75) is 44.5 Å². The fraction of sp³-hybridized carbons (Fsp3) is 0.370. The van der Waals surface area contributed by atoms with Crippen LogP contribution in [0.5, 0.6) is 0 Å². The van der Waals surface area contributed by atoms with Crippen LogP contribution in [0, 0.1) is 17.6 Å². The Morgan fingerprint density at radius 1 is 1.15 bits per heavy atom. The monoisotopic (exact) mass is 570 g/mol. The molecule has 0 amide bonds. The summed E-state index contributed by atoms with van der Waals surface area (Å²) in [7, 11) is -2.05. The van der Waals surface area contributed by atoms with Crippen LogP contribution in [-0.2, 0) is 21.2 Å². The van der Waals surface area contributed by atoms with Crippen LogP contribution >= 0.6 is 0 Å². The van der Waals surface area contributed by atoms with Crippen molar-refractivity contribution >= 4 is 21.4 Å². The number of aromatic nitrogens is 5. The van der Waals surface area contributed by atoms with Crippen molar-refractivity contribution in [2.24, 2.45) is 5.92 Å². The smallest absolute Gasteiger partial charge is 0.183 e. The molecule has 1 fully saturated rings. The highest BCUT2D eigenvalue weighted by molar-refractivity contribution is 7.93. The summed E-state index contributed by atoms with van der Waals surface area (Å²) >= 11 is 0. The number of ketones is 1. The highest BCUT2D eigenvalue weighted by Gasteiger charge is 2.40. The van der Waals surface area contributed by atoms with Gasteiger partial charge in [0.1, 0.15) is 29.2 Å². The summed E-state index contributed by atoms with van der Waals surface area (Å²) in [6.45, 7) is 3.59. The van der Waals surface area contributed by atoms with Gasteiger partial charge in [0.05, 0.1) is 29.7 Å². The molecule has 0 N–H and O–H groups in total. The normalized spacial score (nSPS) is 14.4. The summed E-state index contributed by atoms with van der Waals surface area (Å²) in [5.74, 6) is -2.76. The Balaban J connectivity index is 1.49. The number of rotatable bonds is 11. The number of carbonyl (C=O) groups is 1. The number of halogens is 2. The van der Waals surface area contributed by atoms with E-state index < -0.39 is 44.3 Å². The minimum atomic E-state index is -3.55. The summed E-state index contributed by atoms with van der Waals surface area (Å²) in [5, 5.41) is 8.03. The maximum atomic E-state index is 15.1. The Morgan fingerprint density at radius 3 is 2.55 bits per heavy atom. The van der Waals surface area contributed by atoms with Crippen LogP contribution < -0.4 is 4.90 Å². The van der Waals surface area contributed by atoms with Crippen molar-refractivity contribution in [1.82, 2.24) is 24.9 Å². The van der Waals surface area contributed by atoms with Crippen molar-refractivity contribution in [3.8, 4) is 22.9 Å². The maximum Gasteiger partial charge on any atom is 0.183 e. The summed E-state index contributed by atoms with van der Waals surface area (Å²) < 4.78 is 60.9. The molecule has 1 saturated carbocycles. The topological polar surface area (TPSA) is 124 Å². The van der Waals surface area contributed by atoms with Crippen LogP contribution in [0.25, 0.3) is 22.9 Å². The van der Waals surface area contributed by atoms with Gasteiger partial charge >= 0.3 is 0 Å². The maximum absolute atomic E-state index is 15.1. The molecule has 210 valence electrons. The van der Waals surface area contributed by atoms with E-state index in [9.17, 15) is 17.6 Å². The number of benzene rings is 1. The Kier molecular flexibility index (Phi) is 7.49. The SMILES string of the molecule is CC(C)[C@@H](C(=O)CS(=O)(=O)C1CC1)N(C)c1nc(-c2cc(-c3ccon3)n(Cc3ccccc3F)n2)ncc1F. The van der Waals surface area contributed by atoms with Gasteiger partial charge in [-0.15, -0.1) is 0 Å². The van der Waals surface area contributed by atoms with Gasteiger partial charge in [0.2, 0.25) is 0 Å². The molecule has 0 spiro atoms. The van der Waals surface area contributed by atoms with Crippen molar-refractivity contribution in [3.63, 3.8) is 0 Å². The zero-order chi connectivity index (χ0) is 28.6. The summed E-state index contributed by atoms with van der Waals surface area (Å²) in [5.41, 5.74) is 1.58. The molecular weight excluding hydrogens is 542 g/mol. The highest BCUT2D eigenvalue weighted by atomic mass is 32.2. The first kappa shape index (κ1) is 27.6. The van der Waals surface area contributed by atoms with E-state index in [1.807, 2.05) is 0 Å². The Morgan fingerprint density at radius 2 is 1.90 bits per heavy atom. The molecule has 1 aromatic carbocycles. The predicted octanol–water partition coefficient (Wildman–Crippen LogP) is 3.93. The fourth-order valence-corrected chi connectivity index (χ4v) is 6.37. The molecule has 1 atom stereocenters. The van der Waals surface area contributed by atoms with Gasteiger partial charge in [-0.3, -0.25) is 9.48 Å². The lowest BCUT2D eigenvalue weighted by Crippen LogP contribution is -2.46. The standard InChI is InChI=1S/C27H28F2N6O4S/c1-16(2)25(24(36)15-40(37,38)18-8-9-18)34(3)27-20(29)13-30-26(31-27)22-12-23(21-10-11-39-33-21)35(32-22)14-17-6-4-5-7-19(17)28/h4-7,10-13,16,18,25H,8-9,14-15H2,1-3H3/t25-/m0/s1. The first-order chi connectivity index (χ1) is 19.0. The lowest BCUT2D eigenvalue weighted by atomic mass is 9.99. The molecule has 0 saturated heterocycles. The molecule has 1 aliphatic rings. The number of hydrogen-bond donors (Lipinski definition) is 0.